The topological polar surface area (TPSA) is 169 Å². The Labute approximate surface area is 242 Å². The van der Waals surface area contributed by atoms with E-state index in [2.05, 4.69) is 10.3 Å². The molecule has 2 heterocycles. The van der Waals surface area contributed by atoms with Gasteiger partial charge < -0.3 is 25.8 Å². The molecule has 2 amide bonds. The van der Waals surface area contributed by atoms with Crippen LogP contribution in [0.3, 0.4) is 0 Å². The number of nitrogens with one attached hydrogen (secondary N) is 1. The number of ether oxygens (including phenoxy) is 1. The summed E-state index contributed by atoms with van der Waals surface area (Å²) in [5, 5.41) is 12.3. The Bertz CT molecular complexity index is 1630. The number of aliphatic carboxylic acids is 1. The number of aromatic nitrogens is 1. The fourth-order valence-corrected chi connectivity index (χ4v) is 6.24. The molecule has 0 radical (unpaired) electrons. The van der Waals surface area contributed by atoms with Crippen LogP contribution >= 0.6 is 0 Å². The summed E-state index contributed by atoms with van der Waals surface area (Å²) in [7, 11) is -2.63. The van der Waals surface area contributed by atoms with Crippen LogP contribution in [0.5, 0.6) is 5.75 Å². The van der Waals surface area contributed by atoms with Crippen molar-refractivity contribution in [2.75, 3.05) is 19.0 Å². The monoisotopic (exact) mass is 598 g/mol. The maximum absolute atomic E-state index is 14.4. The van der Waals surface area contributed by atoms with E-state index in [9.17, 15) is 32.3 Å². The Kier molecular flexibility index (Phi) is 8.81. The number of carbonyl (C=O) groups excluding carboxylic acids is 2. The van der Waals surface area contributed by atoms with Crippen LogP contribution in [0.15, 0.2) is 65.7 Å². The van der Waals surface area contributed by atoms with E-state index >= 15 is 0 Å². The molecule has 0 bridgehead atoms. The number of benzene rings is 2. The summed E-state index contributed by atoms with van der Waals surface area (Å²) in [4.78, 5) is 43.9. The van der Waals surface area contributed by atoms with Gasteiger partial charge in [0.25, 0.3) is 0 Å². The zero-order chi connectivity index (χ0) is 30.8. The Morgan fingerprint density at radius 2 is 1.88 bits per heavy atom. The number of nitrogens with two attached hydrogens (primary N) is 1. The van der Waals surface area contributed by atoms with Gasteiger partial charge in [-0.3, -0.25) is 19.4 Å². The fourth-order valence-electron chi connectivity index (χ4n) is 4.99. The number of carboxylic acids is 1. The van der Waals surface area contributed by atoms with Crippen molar-refractivity contribution < 1.29 is 37.0 Å². The predicted octanol–water partition coefficient (Wildman–Crippen LogP) is 3.34. The molecule has 42 heavy (non-hydrogen) atoms. The molecule has 11 nitrogen and oxygen atoms in total. The number of amides is 2. The Hall–Kier alpha value is -4.52. The molecule has 13 heteroatoms. The van der Waals surface area contributed by atoms with Crippen LogP contribution in [-0.2, 0) is 19.4 Å². The Morgan fingerprint density at radius 3 is 2.52 bits per heavy atom. The summed E-state index contributed by atoms with van der Waals surface area (Å²) in [6.45, 7) is 2.98. The van der Waals surface area contributed by atoms with Gasteiger partial charge in [0.1, 0.15) is 6.04 Å². The van der Waals surface area contributed by atoms with Crippen LogP contribution in [0.1, 0.15) is 54.0 Å². The van der Waals surface area contributed by atoms with Gasteiger partial charge in [0.15, 0.2) is 21.4 Å². The van der Waals surface area contributed by atoms with E-state index in [1.807, 2.05) is 0 Å². The molecular formula is C29H31FN4O7S. The first-order chi connectivity index (χ1) is 19.9. The minimum Gasteiger partial charge on any atom is -0.494 e. The van der Waals surface area contributed by atoms with E-state index in [1.54, 1.807) is 12.1 Å². The van der Waals surface area contributed by atoms with Crippen LogP contribution in [0.25, 0.3) is 0 Å². The molecule has 2 aromatic carbocycles. The highest BCUT2D eigenvalue weighted by molar-refractivity contribution is 7.92. The number of carboxylic acid groups (broad SMARTS) is 1. The van der Waals surface area contributed by atoms with Crippen LogP contribution in [-0.4, -0.2) is 60.1 Å². The second kappa shape index (κ2) is 12.1. The molecule has 0 spiro atoms. The highest BCUT2D eigenvalue weighted by Gasteiger charge is 2.47. The van der Waals surface area contributed by atoms with E-state index in [0.29, 0.717) is 5.69 Å². The van der Waals surface area contributed by atoms with Gasteiger partial charge in [-0.1, -0.05) is 12.1 Å². The molecule has 1 saturated heterocycles. The third-order valence-electron chi connectivity index (χ3n) is 7.22. The molecule has 222 valence electrons. The lowest BCUT2D eigenvalue weighted by Gasteiger charge is -2.32. The minimum atomic E-state index is -3.90. The summed E-state index contributed by atoms with van der Waals surface area (Å²) in [6.07, 6.45) is 1.39. The second-order valence-corrected chi connectivity index (χ2v) is 12.6. The van der Waals surface area contributed by atoms with Gasteiger partial charge in [-0.15, -0.1) is 0 Å². The van der Waals surface area contributed by atoms with E-state index < -0.39 is 56.7 Å². The largest absolute Gasteiger partial charge is 0.494 e. The SMILES string of the molecule is COc1cc([C@@H](Nc2cccc(C(N)=O)c2)C(=O)N2CC[C@@H](C(=O)O)[C@@H]2c2ncccc2S(=O)(=O)C(C)C)ccc1F. The molecule has 4 rings (SSSR count). The fraction of sp³-hybridized carbons (Fsp3) is 0.310. The van der Waals surface area contributed by atoms with E-state index in [4.69, 9.17) is 10.5 Å². The predicted molar refractivity (Wildman–Crippen MR) is 151 cm³/mol. The van der Waals surface area contributed by atoms with Crippen molar-refractivity contribution in [1.29, 1.82) is 0 Å². The highest BCUT2D eigenvalue weighted by atomic mass is 32.2. The van der Waals surface area contributed by atoms with Crippen LogP contribution in [0.2, 0.25) is 0 Å². The van der Waals surface area contributed by atoms with Crippen molar-refractivity contribution in [3.63, 3.8) is 0 Å². The number of rotatable bonds is 10. The lowest BCUT2D eigenvalue weighted by Crippen LogP contribution is -2.40. The molecule has 1 aliphatic heterocycles. The molecule has 4 N–H and O–H groups in total. The average Bonchev–Trinajstić information content (AvgIpc) is 3.41. The molecule has 3 atom stereocenters. The number of carbonyl (C=O) groups is 3. The first kappa shape index (κ1) is 30.4. The Morgan fingerprint density at radius 1 is 1.14 bits per heavy atom. The first-order valence-corrected chi connectivity index (χ1v) is 14.6. The van der Waals surface area contributed by atoms with Gasteiger partial charge >= 0.3 is 5.97 Å². The highest BCUT2D eigenvalue weighted by Crippen LogP contribution is 2.42. The van der Waals surface area contributed by atoms with Crippen LogP contribution in [0.4, 0.5) is 10.1 Å². The maximum atomic E-state index is 14.4. The maximum Gasteiger partial charge on any atom is 0.309 e. The number of hydrogen-bond acceptors (Lipinski definition) is 8. The van der Waals surface area contributed by atoms with Gasteiger partial charge in [0.2, 0.25) is 11.8 Å². The Balaban J connectivity index is 1.85. The zero-order valence-corrected chi connectivity index (χ0v) is 24.0. The summed E-state index contributed by atoms with van der Waals surface area (Å²) >= 11 is 0. The lowest BCUT2D eigenvalue weighted by atomic mass is 9.96. The number of anilines is 1. The smallest absolute Gasteiger partial charge is 0.309 e. The van der Waals surface area contributed by atoms with Crippen molar-refractivity contribution in [3.8, 4) is 5.75 Å². The standard InChI is InChI=1S/C29H31FN4O7S/c1-16(2)42(39,40)23-8-5-12-32-25(23)26-20(29(37)38)11-13-34(26)28(36)24(17-9-10-21(30)22(15-17)41-3)33-19-7-4-6-18(14-19)27(31)35/h4-10,12,14-16,20,24,26,33H,11,13H2,1-3H3,(H2,31,35)(H,37,38)/t20-,24-,26-/m1/s1. The number of primary amides is 1. The van der Waals surface area contributed by atoms with Crippen molar-refractivity contribution >= 4 is 33.3 Å². The number of halogens is 1. The normalized spacial score (nSPS) is 17.6. The first-order valence-electron chi connectivity index (χ1n) is 13.1. The lowest BCUT2D eigenvalue weighted by molar-refractivity contribution is -0.143. The number of sulfone groups is 1. The van der Waals surface area contributed by atoms with Crippen molar-refractivity contribution in [2.24, 2.45) is 11.7 Å². The van der Waals surface area contributed by atoms with Gasteiger partial charge in [-0.25, -0.2) is 12.8 Å². The minimum absolute atomic E-state index is 0.0178. The van der Waals surface area contributed by atoms with E-state index in [0.717, 1.165) is 6.07 Å². The number of nitrogens with zero attached hydrogens (tertiary/aromatic N) is 2. The molecule has 0 unspecified atom stereocenters. The van der Waals surface area contributed by atoms with Crippen LogP contribution < -0.4 is 15.8 Å². The second-order valence-electron chi connectivity index (χ2n) is 10.1. The summed E-state index contributed by atoms with van der Waals surface area (Å²) in [5.74, 6) is -4.47. The van der Waals surface area contributed by atoms with Gasteiger partial charge in [0.05, 0.1) is 34.9 Å². The quantitative estimate of drug-likeness (QED) is 0.317. The molecule has 0 aliphatic carbocycles. The van der Waals surface area contributed by atoms with E-state index in [1.165, 1.54) is 68.5 Å². The summed E-state index contributed by atoms with van der Waals surface area (Å²) in [6, 6.07) is 10.3. The molecule has 1 aliphatic rings. The number of pyridine rings is 1. The summed E-state index contributed by atoms with van der Waals surface area (Å²) in [5.41, 5.74) is 6.16. The molecule has 1 fully saturated rings. The number of methoxy groups -OCH3 is 1. The van der Waals surface area contributed by atoms with Crippen LogP contribution in [0, 0.1) is 11.7 Å². The molecule has 3 aromatic rings. The average molecular weight is 599 g/mol. The van der Waals surface area contributed by atoms with Gasteiger partial charge in [-0.2, -0.15) is 0 Å². The third kappa shape index (κ3) is 5.91. The van der Waals surface area contributed by atoms with Crippen molar-refractivity contribution in [3.05, 3.63) is 83.4 Å². The zero-order valence-electron chi connectivity index (χ0n) is 23.2. The molecule has 1 aromatic heterocycles. The summed E-state index contributed by atoms with van der Waals surface area (Å²) < 4.78 is 46.0. The number of likely N-dealkylation sites (tertiary alicyclic amines) is 1. The van der Waals surface area contributed by atoms with Crippen molar-refractivity contribution in [2.45, 2.75) is 42.5 Å². The van der Waals surface area contributed by atoms with Crippen molar-refractivity contribution in [1.82, 2.24) is 9.88 Å². The van der Waals surface area contributed by atoms with Gasteiger partial charge in [0, 0.05) is 24.0 Å². The number of hydrogen-bond donors (Lipinski definition) is 3. The van der Waals surface area contributed by atoms with E-state index in [-0.39, 0.29) is 40.4 Å². The van der Waals surface area contributed by atoms with Gasteiger partial charge in [-0.05, 0) is 68.3 Å². The molecule has 0 saturated carbocycles. The third-order valence-corrected chi connectivity index (χ3v) is 9.42. The molecular weight excluding hydrogens is 567 g/mol.